The molecule has 6 heteroatoms. The van der Waals surface area contributed by atoms with Gasteiger partial charge in [0.2, 0.25) is 5.88 Å². The van der Waals surface area contributed by atoms with Crippen molar-refractivity contribution < 1.29 is 14.6 Å². The number of carboxylic acid groups (broad SMARTS) is 1. The molecule has 100 valence electrons. The zero-order valence-electron chi connectivity index (χ0n) is 10.5. The van der Waals surface area contributed by atoms with Gasteiger partial charge in [-0.25, -0.2) is 14.8 Å². The van der Waals surface area contributed by atoms with Crippen LogP contribution in [0.3, 0.4) is 0 Å². The van der Waals surface area contributed by atoms with Gasteiger partial charge in [-0.3, -0.25) is 0 Å². The molecule has 0 bridgehead atoms. The highest BCUT2D eigenvalue weighted by Crippen LogP contribution is 2.32. The van der Waals surface area contributed by atoms with Crippen molar-refractivity contribution in [2.45, 2.75) is 6.92 Å². The van der Waals surface area contributed by atoms with E-state index in [2.05, 4.69) is 9.97 Å². The third kappa shape index (κ3) is 2.21. The average molecular weight is 286 g/mol. The molecule has 20 heavy (non-hydrogen) atoms. The highest BCUT2D eigenvalue weighted by atomic mass is 32.1. The Labute approximate surface area is 118 Å². The van der Waals surface area contributed by atoms with Gasteiger partial charge in [-0.1, -0.05) is 6.07 Å². The van der Waals surface area contributed by atoms with Crippen LogP contribution in [0.2, 0.25) is 0 Å². The monoisotopic (exact) mass is 286 g/mol. The van der Waals surface area contributed by atoms with E-state index >= 15 is 0 Å². The molecule has 0 saturated carbocycles. The Morgan fingerprint density at radius 3 is 2.95 bits per heavy atom. The first-order valence-corrected chi connectivity index (χ1v) is 6.73. The lowest BCUT2D eigenvalue weighted by Gasteiger charge is -2.09. The summed E-state index contributed by atoms with van der Waals surface area (Å²) in [6, 6.07) is 6.64. The zero-order chi connectivity index (χ0) is 14.1. The number of aryl methyl sites for hydroxylation is 1. The fourth-order valence-corrected chi connectivity index (χ4v) is 2.56. The fraction of sp³-hybridized carbons (Fsp3) is 0.0714. The summed E-state index contributed by atoms with van der Waals surface area (Å²) in [5.41, 5.74) is 1.84. The molecule has 0 aliphatic heterocycles. The summed E-state index contributed by atoms with van der Waals surface area (Å²) in [6.45, 7) is 1.85. The number of thiophene rings is 1. The lowest BCUT2D eigenvalue weighted by molar-refractivity contribution is 0.0696. The molecule has 0 unspecified atom stereocenters. The van der Waals surface area contributed by atoms with E-state index in [1.165, 1.54) is 23.7 Å². The molecule has 2 aromatic heterocycles. The Morgan fingerprint density at radius 2 is 2.15 bits per heavy atom. The molecular weight excluding hydrogens is 276 g/mol. The van der Waals surface area contributed by atoms with Crippen LogP contribution in [0, 0.1) is 6.92 Å². The molecule has 2 heterocycles. The zero-order valence-corrected chi connectivity index (χ0v) is 11.3. The van der Waals surface area contributed by atoms with Crippen molar-refractivity contribution >= 4 is 27.5 Å². The van der Waals surface area contributed by atoms with Crippen molar-refractivity contribution in [2.75, 3.05) is 0 Å². The highest BCUT2D eigenvalue weighted by molar-refractivity contribution is 7.17. The molecule has 0 amide bonds. The van der Waals surface area contributed by atoms with Gasteiger partial charge in [0, 0.05) is 0 Å². The molecule has 3 rings (SSSR count). The Bertz CT molecular complexity index is 798. The van der Waals surface area contributed by atoms with Crippen LogP contribution in [-0.4, -0.2) is 21.0 Å². The largest absolute Gasteiger partial charge is 0.478 e. The smallest absolute Gasteiger partial charge is 0.335 e. The van der Waals surface area contributed by atoms with Crippen LogP contribution in [-0.2, 0) is 0 Å². The van der Waals surface area contributed by atoms with Crippen molar-refractivity contribution in [3.05, 3.63) is 47.1 Å². The van der Waals surface area contributed by atoms with Crippen molar-refractivity contribution in [2.24, 2.45) is 0 Å². The van der Waals surface area contributed by atoms with Crippen LogP contribution in [0.15, 0.2) is 36.0 Å². The maximum atomic E-state index is 11.0. The minimum absolute atomic E-state index is 0.182. The lowest BCUT2D eigenvalue weighted by atomic mass is 10.1. The normalized spacial score (nSPS) is 10.7. The van der Waals surface area contributed by atoms with Gasteiger partial charge < -0.3 is 9.84 Å². The number of hydrogen-bond acceptors (Lipinski definition) is 5. The second kappa shape index (κ2) is 4.90. The van der Waals surface area contributed by atoms with E-state index in [9.17, 15) is 4.79 Å². The first-order valence-electron chi connectivity index (χ1n) is 5.85. The van der Waals surface area contributed by atoms with Gasteiger partial charge in [-0.05, 0) is 36.1 Å². The van der Waals surface area contributed by atoms with E-state index in [0.717, 1.165) is 15.8 Å². The van der Waals surface area contributed by atoms with Crippen molar-refractivity contribution in [3.8, 4) is 11.6 Å². The highest BCUT2D eigenvalue weighted by Gasteiger charge is 2.11. The number of aromatic nitrogens is 2. The van der Waals surface area contributed by atoms with Crippen LogP contribution in [0.25, 0.3) is 10.2 Å². The summed E-state index contributed by atoms with van der Waals surface area (Å²) in [4.78, 5) is 19.3. The Kier molecular flexibility index (Phi) is 3.08. The number of carboxylic acids is 1. The SMILES string of the molecule is Cc1ccc(C(=O)O)cc1Oc1ncnc2ccsc12. The summed E-state index contributed by atoms with van der Waals surface area (Å²) in [5, 5.41) is 10.9. The predicted octanol–water partition coefficient (Wildman–Crippen LogP) is 3.49. The Balaban J connectivity index is 2.04. The van der Waals surface area contributed by atoms with Gasteiger partial charge in [0.1, 0.15) is 16.8 Å². The maximum absolute atomic E-state index is 11.0. The van der Waals surface area contributed by atoms with E-state index < -0.39 is 5.97 Å². The van der Waals surface area contributed by atoms with E-state index in [1.807, 2.05) is 18.4 Å². The van der Waals surface area contributed by atoms with Crippen LogP contribution < -0.4 is 4.74 Å². The molecule has 0 aliphatic rings. The summed E-state index contributed by atoms with van der Waals surface area (Å²) in [5.74, 6) is -0.0623. The van der Waals surface area contributed by atoms with Gasteiger partial charge in [-0.15, -0.1) is 11.3 Å². The summed E-state index contributed by atoms with van der Waals surface area (Å²) in [6.07, 6.45) is 1.43. The third-order valence-corrected chi connectivity index (χ3v) is 3.74. The molecule has 0 spiro atoms. The first-order chi connectivity index (χ1) is 9.65. The van der Waals surface area contributed by atoms with E-state index in [1.54, 1.807) is 12.1 Å². The molecule has 5 nitrogen and oxygen atoms in total. The molecular formula is C14H10N2O3S. The molecule has 3 aromatic rings. The molecule has 0 radical (unpaired) electrons. The topological polar surface area (TPSA) is 72.3 Å². The number of benzene rings is 1. The number of nitrogens with zero attached hydrogens (tertiary/aromatic N) is 2. The number of fused-ring (bicyclic) bond motifs is 1. The lowest BCUT2D eigenvalue weighted by Crippen LogP contribution is -1.98. The van der Waals surface area contributed by atoms with E-state index in [-0.39, 0.29) is 5.56 Å². The number of hydrogen-bond donors (Lipinski definition) is 1. The molecule has 0 atom stereocenters. The summed E-state index contributed by atoms with van der Waals surface area (Å²) in [7, 11) is 0. The predicted molar refractivity (Wildman–Crippen MR) is 75.6 cm³/mol. The van der Waals surface area contributed by atoms with Crippen molar-refractivity contribution in [1.29, 1.82) is 0 Å². The number of aromatic carboxylic acids is 1. The van der Waals surface area contributed by atoms with Gasteiger partial charge in [0.25, 0.3) is 0 Å². The van der Waals surface area contributed by atoms with Crippen molar-refractivity contribution in [3.63, 3.8) is 0 Å². The second-order valence-corrected chi connectivity index (χ2v) is 5.12. The molecule has 0 aliphatic carbocycles. The van der Waals surface area contributed by atoms with Crippen molar-refractivity contribution in [1.82, 2.24) is 9.97 Å². The van der Waals surface area contributed by atoms with Gasteiger partial charge in [-0.2, -0.15) is 0 Å². The van der Waals surface area contributed by atoms with Gasteiger partial charge in [0.15, 0.2) is 0 Å². The van der Waals surface area contributed by atoms with Crippen LogP contribution in [0.4, 0.5) is 0 Å². The van der Waals surface area contributed by atoms with Crippen LogP contribution in [0.5, 0.6) is 11.6 Å². The maximum Gasteiger partial charge on any atom is 0.335 e. The molecule has 0 saturated heterocycles. The number of rotatable bonds is 3. The van der Waals surface area contributed by atoms with E-state index in [0.29, 0.717) is 11.6 Å². The second-order valence-electron chi connectivity index (χ2n) is 4.20. The van der Waals surface area contributed by atoms with Crippen LogP contribution >= 0.6 is 11.3 Å². The number of ether oxygens (including phenoxy) is 1. The van der Waals surface area contributed by atoms with Gasteiger partial charge >= 0.3 is 5.97 Å². The van der Waals surface area contributed by atoms with Gasteiger partial charge in [0.05, 0.1) is 11.1 Å². The summed E-state index contributed by atoms with van der Waals surface area (Å²) >= 11 is 1.48. The summed E-state index contributed by atoms with van der Waals surface area (Å²) < 4.78 is 6.61. The minimum atomic E-state index is -0.987. The average Bonchev–Trinajstić information content (AvgIpc) is 2.90. The van der Waals surface area contributed by atoms with E-state index in [4.69, 9.17) is 9.84 Å². The molecule has 1 N–H and O–H groups in total. The standard InChI is InChI=1S/C14H10N2O3S/c1-8-2-3-9(14(17)18)6-11(8)19-13-12-10(4-5-20-12)15-7-16-13/h2-7H,1H3,(H,17,18). The minimum Gasteiger partial charge on any atom is -0.478 e. The van der Waals surface area contributed by atoms with Crippen LogP contribution in [0.1, 0.15) is 15.9 Å². The molecule has 1 aromatic carbocycles. The first kappa shape index (κ1) is 12.6. The molecule has 0 fully saturated rings. The third-order valence-electron chi connectivity index (χ3n) is 2.85. The Hall–Kier alpha value is -2.47. The fourth-order valence-electron chi connectivity index (χ4n) is 1.79. The quantitative estimate of drug-likeness (QED) is 0.798. The number of carbonyl (C=O) groups is 1. The Morgan fingerprint density at radius 1 is 1.30 bits per heavy atom.